The normalized spacial score (nSPS) is 10.0. The van der Waals surface area contributed by atoms with Crippen LogP contribution in [0.5, 0.6) is 5.75 Å². The number of halogens is 1. The number of methoxy groups -OCH3 is 1. The minimum atomic E-state index is -0.323. The standard InChI is InChI=1S/C10H14FNO/c1-13-10-4-2-9(3-5-10)8-12-7-6-11/h2-5,12H,6-8H2,1H3. The lowest BCUT2D eigenvalue weighted by atomic mass is 10.2. The van der Waals surface area contributed by atoms with E-state index in [1.807, 2.05) is 24.3 Å². The fourth-order valence-corrected chi connectivity index (χ4v) is 1.04. The first kappa shape index (κ1) is 9.99. The van der Waals surface area contributed by atoms with Crippen LogP contribution in [0.2, 0.25) is 0 Å². The Balaban J connectivity index is 2.40. The zero-order chi connectivity index (χ0) is 9.52. The van der Waals surface area contributed by atoms with Gasteiger partial charge in [0.15, 0.2) is 0 Å². The predicted molar refractivity (Wildman–Crippen MR) is 50.7 cm³/mol. The quantitative estimate of drug-likeness (QED) is 0.702. The Hall–Kier alpha value is -1.09. The first-order valence-electron chi connectivity index (χ1n) is 4.26. The molecule has 0 aliphatic rings. The van der Waals surface area contributed by atoms with E-state index in [4.69, 9.17) is 4.74 Å². The second kappa shape index (κ2) is 5.54. The summed E-state index contributed by atoms with van der Waals surface area (Å²) in [4.78, 5) is 0. The van der Waals surface area contributed by atoms with Crippen LogP contribution in [-0.4, -0.2) is 20.3 Å². The highest BCUT2D eigenvalue weighted by Gasteiger charge is 1.93. The van der Waals surface area contributed by atoms with Crippen LogP contribution in [0.4, 0.5) is 4.39 Å². The molecule has 0 fully saturated rings. The Morgan fingerprint density at radius 2 is 2.00 bits per heavy atom. The largest absolute Gasteiger partial charge is 0.497 e. The van der Waals surface area contributed by atoms with Crippen molar-refractivity contribution in [1.82, 2.24) is 5.32 Å². The highest BCUT2D eigenvalue weighted by atomic mass is 19.1. The summed E-state index contributed by atoms with van der Waals surface area (Å²) >= 11 is 0. The second-order valence-corrected chi connectivity index (χ2v) is 2.71. The molecule has 72 valence electrons. The van der Waals surface area contributed by atoms with Gasteiger partial charge in [-0.3, -0.25) is 0 Å². The fourth-order valence-electron chi connectivity index (χ4n) is 1.04. The summed E-state index contributed by atoms with van der Waals surface area (Å²) < 4.78 is 16.7. The van der Waals surface area contributed by atoms with Crippen molar-refractivity contribution in [3.05, 3.63) is 29.8 Å². The van der Waals surface area contributed by atoms with Gasteiger partial charge in [-0.25, -0.2) is 4.39 Å². The van der Waals surface area contributed by atoms with E-state index in [0.717, 1.165) is 11.3 Å². The Kier molecular flexibility index (Phi) is 4.26. The van der Waals surface area contributed by atoms with Crippen LogP contribution in [0.25, 0.3) is 0 Å². The van der Waals surface area contributed by atoms with Crippen molar-refractivity contribution in [3.63, 3.8) is 0 Å². The number of rotatable bonds is 5. The number of ether oxygens (including phenoxy) is 1. The van der Waals surface area contributed by atoms with Gasteiger partial charge in [0, 0.05) is 13.1 Å². The molecule has 0 spiro atoms. The maximum Gasteiger partial charge on any atom is 0.118 e. The third-order valence-electron chi connectivity index (χ3n) is 1.76. The van der Waals surface area contributed by atoms with Gasteiger partial charge in [0.2, 0.25) is 0 Å². The van der Waals surface area contributed by atoms with E-state index in [0.29, 0.717) is 13.1 Å². The molecule has 0 saturated carbocycles. The van der Waals surface area contributed by atoms with Crippen molar-refractivity contribution in [1.29, 1.82) is 0 Å². The number of nitrogens with one attached hydrogen (secondary N) is 1. The van der Waals surface area contributed by atoms with E-state index in [-0.39, 0.29) is 6.67 Å². The van der Waals surface area contributed by atoms with Crippen LogP contribution in [0.15, 0.2) is 24.3 Å². The third-order valence-corrected chi connectivity index (χ3v) is 1.76. The zero-order valence-corrected chi connectivity index (χ0v) is 7.72. The van der Waals surface area contributed by atoms with Gasteiger partial charge in [-0.05, 0) is 17.7 Å². The molecule has 0 unspecified atom stereocenters. The molecular formula is C10H14FNO. The topological polar surface area (TPSA) is 21.3 Å². The van der Waals surface area contributed by atoms with E-state index in [1.165, 1.54) is 0 Å². The van der Waals surface area contributed by atoms with Crippen molar-refractivity contribution in [2.24, 2.45) is 0 Å². The van der Waals surface area contributed by atoms with Crippen LogP contribution >= 0.6 is 0 Å². The third kappa shape index (κ3) is 3.42. The molecule has 0 amide bonds. The minimum absolute atomic E-state index is 0.323. The molecule has 2 nitrogen and oxygen atoms in total. The second-order valence-electron chi connectivity index (χ2n) is 2.71. The molecule has 0 saturated heterocycles. The Morgan fingerprint density at radius 3 is 2.54 bits per heavy atom. The molecular weight excluding hydrogens is 169 g/mol. The SMILES string of the molecule is COc1ccc(CNCCF)cc1. The average Bonchev–Trinajstić information content (AvgIpc) is 2.19. The zero-order valence-electron chi connectivity index (χ0n) is 7.72. The Morgan fingerprint density at radius 1 is 1.31 bits per heavy atom. The van der Waals surface area contributed by atoms with Gasteiger partial charge in [-0.2, -0.15) is 0 Å². The monoisotopic (exact) mass is 183 g/mol. The maximum absolute atomic E-state index is 11.7. The molecule has 0 bridgehead atoms. The van der Waals surface area contributed by atoms with Crippen LogP contribution in [0.3, 0.4) is 0 Å². The van der Waals surface area contributed by atoms with Gasteiger partial charge in [-0.1, -0.05) is 12.1 Å². The van der Waals surface area contributed by atoms with E-state index < -0.39 is 0 Å². The van der Waals surface area contributed by atoms with Crippen LogP contribution in [-0.2, 0) is 6.54 Å². The van der Waals surface area contributed by atoms with Crippen LogP contribution in [0.1, 0.15) is 5.56 Å². The molecule has 13 heavy (non-hydrogen) atoms. The van der Waals surface area contributed by atoms with Crippen molar-refractivity contribution in [3.8, 4) is 5.75 Å². The first-order valence-corrected chi connectivity index (χ1v) is 4.26. The number of benzene rings is 1. The molecule has 0 atom stereocenters. The van der Waals surface area contributed by atoms with Crippen molar-refractivity contribution >= 4 is 0 Å². The Labute approximate surface area is 77.7 Å². The van der Waals surface area contributed by atoms with E-state index in [1.54, 1.807) is 7.11 Å². The van der Waals surface area contributed by atoms with Gasteiger partial charge in [0.25, 0.3) is 0 Å². The molecule has 0 radical (unpaired) electrons. The fraction of sp³-hybridized carbons (Fsp3) is 0.400. The summed E-state index contributed by atoms with van der Waals surface area (Å²) in [5, 5.41) is 2.97. The highest BCUT2D eigenvalue weighted by Crippen LogP contribution is 2.10. The van der Waals surface area contributed by atoms with Gasteiger partial charge < -0.3 is 10.1 Å². The lowest BCUT2D eigenvalue weighted by Gasteiger charge is -2.03. The number of hydrogen-bond acceptors (Lipinski definition) is 2. The van der Waals surface area contributed by atoms with E-state index in [9.17, 15) is 4.39 Å². The van der Waals surface area contributed by atoms with E-state index in [2.05, 4.69) is 5.32 Å². The summed E-state index contributed by atoms with van der Waals surface area (Å²) in [5.41, 5.74) is 1.13. The minimum Gasteiger partial charge on any atom is -0.497 e. The molecule has 1 aromatic rings. The van der Waals surface area contributed by atoms with E-state index >= 15 is 0 Å². The first-order chi connectivity index (χ1) is 6.36. The van der Waals surface area contributed by atoms with Crippen LogP contribution in [0, 0.1) is 0 Å². The van der Waals surface area contributed by atoms with Gasteiger partial charge >= 0.3 is 0 Å². The number of alkyl halides is 1. The molecule has 0 aliphatic heterocycles. The average molecular weight is 183 g/mol. The lowest BCUT2D eigenvalue weighted by Crippen LogP contribution is -2.15. The molecule has 0 aromatic heterocycles. The Bertz CT molecular complexity index is 235. The van der Waals surface area contributed by atoms with Gasteiger partial charge in [-0.15, -0.1) is 0 Å². The maximum atomic E-state index is 11.7. The molecule has 1 aromatic carbocycles. The molecule has 1 N–H and O–H groups in total. The summed E-state index contributed by atoms with van der Waals surface area (Å²) in [5.74, 6) is 0.842. The predicted octanol–water partition coefficient (Wildman–Crippen LogP) is 1.75. The van der Waals surface area contributed by atoms with Crippen LogP contribution < -0.4 is 10.1 Å². The molecule has 1 rings (SSSR count). The highest BCUT2D eigenvalue weighted by molar-refractivity contribution is 5.26. The number of hydrogen-bond donors (Lipinski definition) is 1. The van der Waals surface area contributed by atoms with Crippen molar-refractivity contribution in [2.75, 3.05) is 20.3 Å². The summed E-state index contributed by atoms with van der Waals surface area (Å²) in [6.45, 7) is 0.788. The van der Waals surface area contributed by atoms with Crippen molar-refractivity contribution in [2.45, 2.75) is 6.54 Å². The van der Waals surface area contributed by atoms with Crippen molar-refractivity contribution < 1.29 is 9.13 Å². The summed E-state index contributed by atoms with van der Waals surface area (Å²) in [7, 11) is 1.64. The molecule has 3 heteroatoms. The molecule has 0 heterocycles. The lowest BCUT2D eigenvalue weighted by molar-refractivity contribution is 0.414. The smallest absolute Gasteiger partial charge is 0.118 e. The van der Waals surface area contributed by atoms with Gasteiger partial charge in [0.1, 0.15) is 12.4 Å². The van der Waals surface area contributed by atoms with Gasteiger partial charge in [0.05, 0.1) is 7.11 Å². The summed E-state index contributed by atoms with van der Waals surface area (Å²) in [6, 6.07) is 7.72. The summed E-state index contributed by atoms with van der Waals surface area (Å²) in [6.07, 6.45) is 0. The molecule has 0 aliphatic carbocycles.